The van der Waals surface area contributed by atoms with Crippen LogP contribution in [0, 0.1) is 6.92 Å². The van der Waals surface area contributed by atoms with Crippen LogP contribution in [-0.4, -0.2) is 18.6 Å². The Balaban J connectivity index is 1.60. The lowest BCUT2D eigenvalue weighted by atomic mass is 10.0. The average Bonchev–Trinajstić information content (AvgIpc) is 3.31. The van der Waals surface area contributed by atoms with E-state index in [0.717, 1.165) is 10.5 Å². The number of rotatable bonds is 4. The summed E-state index contributed by atoms with van der Waals surface area (Å²) in [6.45, 7) is 2.11. The molecule has 0 spiro atoms. The van der Waals surface area contributed by atoms with Gasteiger partial charge in [-0.15, -0.1) is 0 Å². The summed E-state index contributed by atoms with van der Waals surface area (Å²) in [4.78, 5) is 28.0. The fourth-order valence-electron chi connectivity index (χ4n) is 3.60. The number of nitrogens with zero attached hydrogens (tertiary/aromatic N) is 1. The summed E-state index contributed by atoms with van der Waals surface area (Å²) in [6, 6.07) is 19.4. The van der Waals surface area contributed by atoms with Gasteiger partial charge in [-0.1, -0.05) is 47.5 Å². The normalized spacial score (nSPS) is 15.1. The summed E-state index contributed by atoms with van der Waals surface area (Å²) in [7, 11) is 0. The maximum Gasteiger partial charge on any atom is 0.282 e. The maximum atomic E-state index is 13.4. The first-order chi connectivity index (χ1) is 15.0. The Morgan fingerprint density at radius 1 is 0.903 bits per heavy atom. The number of hydrogen-bond acceptors (Lipinski definition) is 5. The summed E-state index contributed by atoms with van der Waals surface area (Å²) in [5.41, 5.74) is 3.21. The van der Waals surface area contributed by atoms with E-state index in [4.69, 9.17) is 21.1 Å². The van der Waals surface area contributed by atoms with Gasteiger partial charge in [0, 0.05) is 16.8 Å². The Morgan fingerprint density at radius 3 is 2.45 bits per heavy atom. The van der Waals surface area contributed by atoms with Gasteiger partial charge in [0.05, 0.1) is 11.3 Å². The molecule has 0 saturated heterocycles. The highest BCUT2D eigenvalue weighted by Crippen LogP contribution is 2.38. The third kappa shape index (κ3) is 3.41. The lowest BCUT2D eigenvalue weighted by molar-refractivity contribution is -0.120. The van der Waals surface area contributed by atoms with Crippen LogP contribution in [0.2, 0.25) is 5.02 Å². The van der Waals surface area contributed by atoms with Gasteiger partial charge in [0.2, 0.25) is 6.79 Å². The molecule has 3 aromatic carbocycles. The number of hydrogen-bond donors (Lipinski definition) is 1. The second-order valence-corrected chi connectivity index (χ2v) is 7.67. The molecule has 5 rings (SSSR count). The summed E-state index contributed by atoms with van der Waals surface area (Å²) in [6.07, 6.45) is 0. The van der Waals surface area contributed by atoms with Gasteiger partial charge in [0.15, 0.2) is 11.5 Å². The summed E-state index contributed by atoms with van der Waals surface area (Å²) in [5.74, 6) is 0.332. The van der Waals surface area contributed by atoms with Gasteiger partial charge in [-0.2, -0.15) is 0 Å². The molecule has 0 aromatic heterocycles. The van der Waals surface area contributed by atoms with Crippen LogP contribution in [0.25, 0.3) is 5.57 Å². The SMILES string of the molecule is Cc1ccc(C2=C(Nc3ccc4c(c3)OCO4)C(=O)N(c3cccc(Cl)c3)C2=O)cc1. The predicted molar refractivity (Wildman–Crippen MR) is 118 cm³/mol. The number of halogens is 1. The van der Waals surface area contributed by atoms with E-state index in [2.05, 4.69) is 5.32 Å². The number of fused-ring (bicyclic) bond motifs is 1. The van der Waals surface area contributed by atoms with Crippen LogP contribution in [-0.2, 0) is 9.59 Å². The van der Waals surface area contributed by atoms with E-state index >= 15 is 0 Å². The molecule has 0 unspecified atom stereocenters. The number of imide groups is 1. The predicted octanol–water partition coefficient (Wildman–Crippen LogP) is 4.77. The first-order valence-corrected chi connectivity index (χ1v) is 10.0. The quantitative estimate of drug-likeness (QED) is 0.601. The van der Waals surface area contributed by atoms with E-state index < -0.39 is 11.8 Å². The van der Waals surface area contributed by atoms with Gasteiger partial charge in [0.25, 0.3) is 11.8 Å². The van der Waals surface area contributed by atoms with Crippen LogP contribution in [0.3, 0.4) is 0 Å². The first-order valence-electron chi connectivity index (χ1n) is 9.63. The van der Waals surface area contributed by atoms with Crippen molar-refractivity contribution in [3.63, 3.8) is 0 Å². The van der Waals surface area contributed by atoms with Gasteiger partial charge in [-0.25, -0.2) is 4.90 Å². The van der Waals surface area contributed by atoms with Gasteiger partial charge in [-0.3, -0.25) is 9.59 Å². The minimum Gasteiger partial charge on any atom is -0.454 e. The number of carbonyl (C=O) groups is 2. The van der Waals surface area contributed by atoms with Crippen LogP contribution in [0.15, 0.2) is 72.4 Å². The lowest BCUT2D eigenvalue weighted by Crippen LogP contribution is -2.32. The fourth-order valence-corrected chi connectivity index (χ4v) is 3.79. The summed E-state index contributed by atoms with van der Waals surface area (Å²) < 4.78 is 10.8. The minimum absolute atomic E-state index is 0.149. The monoisotopic (exact) mass is 432 g/mol. The minimum atomic E-state index is -0.458. The topological polar surface area (TPSA) is 67.9 Å². The zero-order valence-corrected chi connectivity index (χ0v) is 17.3. The van der Waals surface area contributed by atoms with Crippen LogP contribution >= 0.6 is 11.6 Å². The number of ether oxygens (including phenoxy) is 2. The molecule has 7 heteroatoms. The average molecular weight is 433 g/mol. The second kappa shape index (κ2) is 7.49. The number of amides is 2. The van der Waals surface area contributed by atoms with Crippen molar-refractivity contribution in [2.45, 2.75) is 6.92 Å². The van der Waals surface area contributed by atoms with Crippen LogP contribution in [0.4, 0.5) is 11.4 Å². The Kier molecular flexibility index (Phi) is 4.64. The van der Waals surface area contributed by atoms with Crippen LogP contribution < -0.4 is 19.7 Å². The van der Waals surface area contributed by atoms with Gasteiger partial charge in [0.1, 0.15) is 5.70 Å². The highest BCUT2D eigenvalue weighted by molar-refractivity contribution is 6.46. The van der Waals surface area contributed by atoms with E-state index in [1.54, 1.807) is 42.5 Å². The Morgan fingerprint density at radius 2 is 1.68 bits per heavy atom. The molecule has 154 valence electrons. The number of nitrogens with one attached hydrogen (secondary N) is 1. The van der Waals surface area contributed by atoms with Crippen molar-refractivity contribution in [3.05, 3.63) is 88.6 Å². The van der Waals surface area contributed by atoms with Crippen molar-refractivity contribution in [3.8, 4) is 11.5 Å². The molecule has 0 radical (unpaired) electrons. The molecule has 0 aliphatic carbocycles. The largest absolute Gasteiger partial charge is 0.454 e. The van der Waals surface area contributed by atoms with Gasteiger partial charge in [-0.05, 0) is 42.8 Å². The molecule has 2 heterocycles. The molecule has 31 heavy (non-hydrogen) atoms. The molecule has 2 amide bonds. The van der Waals surface area contributed by atoms with Crippen molar-refractivity contribution < 1.29 is 19.1 Å². The molecule has 0 saturated carbocycles. The highest BCUT2D eigenvalue weighted by Gasteiger charge is 2.40. The molecule has 0 atom stereocenters. The standard InChI is InChI=1S/C24H17ClN2O4/c1-14-5-7-15(8-6-14)21-22(26-17-9-10-19-20(12-17)31-13-30-19)24(29)27(23(21)28)18-4-2-3-16(25)11-18/h2-12,26H,13H2,1H3. The van der Waals surface area contributed by atoms with Gasteiger partial charge >= 0.3 is 0 Å². The molecule has 2 aliphatic heterocycles. The highest BCUT2D eigenvalue weighted by atomic mass is 35.5. The van der Waals surface area contributed by atoms with Crippen LogP contribution in [0.1, 0.15) is 11.1 Å². The summed E-state index contributed by atoms with van der Waals surface area (Å²) >= 11 is 6.11. The molecular formula is C24H17ClN2O4. The zero-order chi connectivity index (χ0) is 21.5. The Labute approximate surface area is 183 Å². The van der Waals surface area contributed by atoms with Crippen molar-refractivity contribution in [2.24, 2.45) is 0 Å². The zero-order valence-electron chi connectivity index (χ0n) is 16.5. The number of carbonyl (C=O) groups excluding carboxylic acids is 2. The fraction of sp³-hybridized carbons (Fsp3) is 0.0833. The second-order valence-electron chi connectivity index (χ2n) is 7.23. The lowest BCUT2D eigenvalue weighted by Gasteiger charge is -2.15. The Bertz CT molecular complexity index is 1250. The van der Waals surface area contributed by atoms with E-state index in [9.17, 15) is 9.59 Å². The third-order valence-corrected chi connectivity index (χ3v) is 5.37. The third-order valence-electron chi connectivity index (χ3n) is 5.13. The van der Waals surface area contributed by atoms with Crippen LogP contribution in [0.5, 0.6) is 11.5 Å². The van der Waals surface area contributed by atoms with E-state index in [1.807, 2.05) is 31.2 Å². The molecule has 6 nitrogen and oxygen atoms in total. The van der Waals surface area contributed by atoms with E-state index in [0.29, 0.717) is 39.0 Å². The summed E-state index contributed by atoms with van der Waals surface area (Å²) in [5, 5.41) is 3.56. The number of benzene rings is 3. The maximum absolute atomic E-state index is 13.4. The Hall–Kier alpha value is -3.77. The van der Waals surface area contributed by atoms with E-state index in [1.165, 1.54) is 0 Å². The van der Waals surface area contributed by atoms with Crippen molar-refractivity contribution in [1.82, 2.24) is 0 Å². The number of anilines is 2. The van der Waals surface area contributed by atoms with E-state index in [-0.39, 0.29) is 12.5 Å². The molecule has 0 bridgehead atoms. The number of aryl methyl sites for hydroxylation is 1. The molecule has 1 N–H and O–H groups in total. The molecule has 3 aromatic rings. The molecular weight excluding hydrogens is 416 g/mol. The van der Waals surface area contributed by atoms with Crippen molar-refractivity contribution in [2.75, 3.05) is 17.0 Å². The molecule has 0 fully saturated rings. The molecule has 2 aliphatic rings. The van der Waals surface area contributed by atoms with Crippen molar-refractivity contribution in [1.29, 1.82) is 0 Å². The smallest absolute Gasteiger partial charge is 0.282 e. The van der Waals surface area contributed by atoms with Crippen molar-refractivity contribution >= 4 is 40.4 Å². The van der Waals surface area contributed by atoms with Gasteiger partial charge < -0.3 is 14.8 Å². The first kappa shape index (κ1) is 19.2.